The van der Waals surface area contributed by atoms with E-state index in [0.717, 1.165) is 21.3 Å². The molecule has 6 heteroatoms. The van der Waals surface area contributed by atoms with Gasteiger partial charge in [-0.05, 0) is 41.5 Å². The molecule has 0 bridgehead atoms. The number of methoxy groups -OCH3 is 1. The van der Waals surface area contributed by atoms with E-state index in [2.05, 4.69) is 26.5 Å². The fourth-order valence-electron chi connectivity index (χ4n) is 2.51. The van der Waals surface area contributed by atoms with E-state index in [-0.39, 0.29) is 5.91 Å². The lowest BCUT2D eigenvalue weighted by Gasteiger charge is -2.08. The maximum atomic E-state index is 12.3. The van der Waals surface area contributed by atoms with Crippen LogP contribution < -0.4 is 14.9 Å². The Kier molecular flexibility index (Phi) is 6.81. The summed E-state index contributed by atoms with van der Waals surface area (Å²) >= 11 is 3.35. The third kappa shape index (κ3) is 5.44. The van der Waals surface area contributed by atoms with Gasteiger partial charge in [-0.25, -0.2) is 5.43 Å². The second-order valence-electron chi connectivity index (χ2n) is 5.89. The normalized spacial score (nSPS) is 10.6. The number of nitrogens with one attached hydrogen (secondary N) is 1. The molecular weight excluding hydrogens is 420 g/mol. The molecule has 0 fully saturated rings. The molecule has 0 radical (unpaired) electrons. The minimum Gasteiger partial charge on any atom is -0.496 e. The molecule has 3 aromatic rings. The number of rotatable bonds is 7. The van der Waals surface area contributed by atoms with Gasteiger partial charge in [0.1, 0.15) is 18.1 Å². The number of nitrogens with zero attached hydrogens (tertiary/aromatic N) is 1. The SMILES string of the molecule is COc1ccc(Br)cc1C(=O)N/N=C\c1cccc(OCc2ccccc2)c1. The molecule has 1 N–H and O–H groups in total. The molecule has 0 saturated heterocycles. The van der Waals surface area contributed by atoms with Gasteiger partial charge < -0.3 is 9.47 Å². The number of carbonyl (C=O) groups excluding carboxylic acids is 1. The fraction of sp³-hybridized carbons (Fsp3) is 0.0909. The number of ether oxygens (including phenoxy) is 2. The van der Waals surface area contributed by atoms with E-state index in [0.29, 0.717) is 17.9 Å². The Morgan fingerprint density at radius 2 is 1.89 bits per heavy atom. The third-order valence-corrected chi connectivity index (χ3v) is 4.39. The molecule has 0 atom stereocenters. The van der Waals surface area contributed by atoms with Gasteiger partial charge in [0.05, 0.1) is 18.9 Å². The van der Waals surface area contributed by atoms with Crippen LogP contribution in [0, 0.1) is 0 Å². The molecule has 0 saturated carbocycles. The smallest absolute Gasteiger partial charge is 0.275 e. The summed E-state index contributed by atoms with van der Waals surface area (Å²) in [4.78, 5) is 12.3. The summed E-state index contributed by atoms with van der Waals surface area (Å²) in [6.07, 6.45) is 1.57. The maximum Gasteiger partial charge on any atom is 0.275 e. The first-order valence-electron chi connectivity index (χ1n) is 8.59. The Hall–Kier alpha value is -3.12. The van der Waals surface area contributed by atoms with E-state index in [9.17, 15) is 4.79 Å². The highest BCUT2D eigenvalue weighted by Gasteiger charge is 2.11. The van der Waals surface area contributed by atoms with Gasteiger partial charge in [0.2, 0.25) is 0 Å². The van der Waals surface area contributed by atoms with Crippen molar-refractivity contribution in [2.75, 3.05) is 7.11 Å². The Morgan fingerprint density at radius 3 is 2.68 bits per heavy atom. The zero-order valence-corrected chi connectivity index (χ0v) is 16.8. The summed E-state index contributed by atoms with van der Waals surface area (Å²) in [5.74, 6) is 0.853. The van der Waals surface area contributed by atoms with Crippen molar-refractivity contribution in [3.05, 3.63) is 94.0 Å². The predicted molar refractivity (Wildman–Crippen MR) is 113 cm³/mol. The van der Waals surface area contributed by atoms with Crippen LogP contribution in [-0.4, -0.2) is 19.2 Å². The average Bonchev–Trinajstić information content (AvgIpc) is 2.73. The van der Waals surface area contributed by atoms with Gasteiger partial charge in [0, 0.05) is 4.47 Å². The molecule has 28 heavy (non-hydrogen) atoms. The first kappa shape index (κ1) is 19.6. The lowest BCUT2D eigenvalue weighted by molar-refractivity contribution is 0.0952. The zero-order chi connectivity index (χ0) is 19.8. The lowest BCUT2D eigenvalue weighted by atomic mass is 10.2. The van der Waals surface area contributed by atoms with Crippen molar-refractivity contribution in [2.45, 2.75) is 6.61 Å². The summed E-state index contributed by atoms with van der Waals surface area (Å²) < 4.78 is 11.8. The molecule has 1 amide bonds. The Morgan fingerprint density at radius 1 is 1.07 bits per heavy atom. The fourth-order valence-corrected chi connectivity index (χ4v) is 2.87. The van der Waals surface area contributed by atoms with Crippen molar-refractivity contribution in [1.82, 2.24) is 5.43 Å². The van der Waals surface area contributed by atoms with Crippen molar-refractivity contribution in [2.24, 2.45) is 5.10 Å². The molecule has 5 nitrogen and oxygen atoms in total. The second-order valence-corrected chi connectivity index (χ2v) is 6.81. The van der Waals surface area contributed by atoms with Crippen LogP contribution >= 0.6 is 15.9 Å². The third-order valence-electron chi connectivity index (χ3n) is 3.89. The maximum absolute atomic E-state index is 12.3. The van der Waals surface area contributed by atoms with Crippen LogP contribution in [0.1, 0.15) is 21.5 Å². The summed E-state index contributed by atoms with van der Waals surface area (Å²) in [5.41, 5.74) is 4.82. The number of hydrogen-bond acceptors (Lipinski definition) is 4. The predicted octanol–water partition coefficient (Wildman–Crippen LogP) is 4.80. The van der Waals surface area contributed by atoms with Gasteiger partial charge in [-0.15, -0.1) is 0 Å². The molecular formula is C22H19BrN2O3. The quantitative estimate of drug-likeness (QED) is 0.425. The topological polar surface area (TPSA) is 59.9 Å². The molecule has 0 unspecified atom stereocenters. The molecule has 0 aromatic heterocycles. The number of hydrazone groups is 1. The van der Waals surface area contributed by atoms with Crippen LogP contribution in [0.2, 0.25) is 0 Å². The number of benzene rings is 3. The highest BCUT2D eigenvalue weighted by atomic mass is 79.9. The highest BCUT2D eigenvalue weighted by molar-refractivity contribution is 9.10. The zero-order valence-electron chi connectivity index (χ0n) is 15.3. The van der Waals surface area contributed by atoms with E-state index in [1.54, 1.807) is 24.4 Å². The molecule has 0 heterocycles. The minimum atomic E-state index is -0.356. The second kappa shape index (κ2) is 9.71. The Balaban J connectivity index is 1.61. The van der Waals surface area contributed by atoms with E-state index in [1.807, 2.05) is 54.6 Å². The summed E-state index contributed by atoms with van der Waals surface area (Å²) in [6.45, 7) is 0.487. The largest absolute Gasteiger partial charge is 0.496 e. The molecule has 0 aliphatic heterocycles. The lowest BCUT2D eigenvalue weighted by Crippen LogP contribution is -2.18. The van der Waals surface area contributed by atoms with Crippen molar-refractivity contribution in [3.8, 4) is 11.5 Å². The van der Waals surface area contributed by atoms with Crippen molar-refractivity contribution < 1.29 is 14.3 Å². The first-order chi connectivity index (χ1) is 13.7. The van der Waals surface area contributed by atoms with Crippen molar-refractivity contribution >= 4 is 28.1 Å². The van der Waals surface area contributed by atoms with Crippen LogP contribution in [0.3, 0.4) is 0 Å². The molecule has 0 aliphatic carbocycles. The van der Waals surface area contributed by atoms with E-state index in [1.165, 1.54) is 7.11 Å². The Bertz CT molecular complexity index is 975. The molecule has 3 rings (SSSR count). The van der Waals surface area contributed by atoms with Gasteiger partial charge >= 0.3 is 0 Å². The number of hydrogen-bond donors (Lipinski definition) is 1. The number of halogens is 1. The van der Waals surface area contributed by atoms with Crippen molar-refractivity contribution in [3.63, 3.8) is 0 Å². The number of carbonyl (C=O) groups is 1. The summed E-state index contributed by atoms with van der Waals surface area (Å²) in [5, 5.41) is 4.03. The summed E-state index contributed by atoms with van der Waals surface area (Å²) in [7, 11) is 1.52. The first-order valence-corrected chi connectivity index (χ1v) is 9.39. The number of amides is 1. The van der Waals surface area contributed by atoms with E-state index < -0.39 is 0 Å². The van der Waals surface area contributed by atoms with Gasteiger partial charge in [0.25, 0.3) is 5.91 Å². The Labute approximate surface area is 172 Å². The van der Waals surface area contributed by atoms with Gasteiger partial charge in [-0.3, -0.25) is 4.79 Å². The van der Waals surface area contributed by atoms with Crippen LogP contribution in [0.25, 0.3) is 0 Å². The molecule has 0 spiro atoms. The van der Waals surface area contributed by atoms with E-state index in [4.69, 9.17) is 9.47 Å². The molecule has 142 valence electrons. The van der Waals surface area contributed by atoms with Gasteiger partial charge in [-0.2, -0.15) is 5.10 Å². The standard InChI is InChI=1S/C22H19BrN2O3/c1-27-21-11-10-18(23)13-20(21)22(26)25-24-14-17-8-5-9-19(12-17)28-15-16-6-3-2-4-7-16/h2-14H,15H2,1H3,(H,25,26)/b24-14-. The summed E-state index contributed by atoms with van der Waals surface area (Å²) in [6, 6.07) is 22.6. The average molecular weight is 439 g/mol. The van der Waals surface area contributed by atoms with E-state index >= 15 is 0 Å². The molecule has 3 aromatic carbocycles. The van der Waals surface area contributed by atoms with Crippen LogP contribution in [0.5, 0.6) is 11.5 Å². The van der Waals surface area contributed by atoms with Crippen LogP contribution in [0.15, 0.2) is 82.4 Å². The van der Waals surface area contributed by atoms with Crippen molar-refractivity contribution in [1.29, 1.82) is 0 Å². The van der Waals surface area contributed by atoms with Crippen LogP contribution in [0.4, 0.5) is 0 Å². The molecule has 0 aliphatic rings. The van der Waals surface area contributed by atoms with Gasteiger partial charge in [-0.1, -0.05) is 58.4 Å². The monoisotopic (exact) mass is 438 g/mol. The van der Waals surface area contributed by atoms with Crippen LogP contribution in [-0.2, 0) is 6.61 Å². The highest BCUT2D eigenvalue weighted by Crippen LogP contribution is 2.22. The van der Waals surface area contributed by atoms with Gasteiger partial charge in [0.15, 0.2) is 0 Å². The minimum absolute atomic E-state index is 0.356.